The first kappa shape index (κ1) is 10.6. The molecule has 2 rings (SSSR count). The molecule has 0 saturated heterocycles. The summed E-state index contributed by atoms with van der Waals surface area (Å²) >= 11 is 0. The Morgan fingerprint density at radius 2 is 1.38 bits per heavy atom. The van der Waals surface area contributed by atoms with Gasteiger partial charge in [0.1, 0.15) is 12.9 Å². The number of aromatic nitrogens is 1. The first-order valence-corrected chi connectivity index (χ1v) is 5.13. The fourth-order valence-electron chi connectivity index (χ4n) is 1.39. The van der Waals surface area contributed by atoms with Gasteiger partial charge in [0, 0.05) is 12.1 Å². The maximum atomic E-state index is 12.7. The van der Waals surface area contributed by atoms with Gasteiger partial charge in [0.25, 0.3) is 0 Å². The molecule has 0 amide bonds. The molecule has 0 saturated carbocycles. The number of aryl methyl sites for hydroxylation is 1. The maximum absolute atomic E-state index is 12.7. The van der Waals surface area contributed by atoms with Gasteiger partial charge in [-0.15, -0.1) is 0 Å². The molecule has 80 valence electrons. The van der Waals surface area contributed by atoms with Crippen LogP contribution in [0.1, 0.15) is 11.1 Å². The zero-order chi connectivity index (χ0) is 11.4. The van der Waals surface area contributed by atoms with Crippen LogP contribution in [-0.2, 0) is 7.05 Å². The van der Waals surface area contributed by atoms with Gasteiger partial charge in [-0.05, 0) is 23.3 Å². The van der Waals surface area contributed by atoms with Crippen molar-refractivity contribution in [2.45, 2.75) is 0 Å². The number of rotatable bonds is 2. The minimum absolute atomic E-state index is 0.205. The largest absolute Gasteiger partial charge is 0.208 e. The minimum Gasteiger partial charge on any atom is -0.208 e. The number of nitrogens with zero attached hydrogens (tertiary/aromatic N) is 1. The Morgan fingerprint density at radius 1 is 0.875 bits per heavy atom. The van der Waals surface area contributed by atoms with Crippen LogP contribution in [0.5, 0.6) is 0 Å². The molecule has 2 aromatic rings. The van der Waals surface area contributed by atoms with Crippen LogP contribution in [0.2, 0.25) is 0 Å². The summed E-state index contributed by atoms with van der Waals surface area (Å²) in [6.07, 6.45) is 7.96. The van der Waals surface area contributed by atoms with Crippen molar-refractivity contribution in [1.82, 2.24) is 0 Å². The van der Waals surface area contributed by atoms with Crippen molar-refractivity contribution >= 4 is 12.2 Å². The molecule has 0 aliphatic rings. The lowest BCUT2D eigenvalue weighted by atomic mass is 10.1. The number of benzene rings is 1. The lowest BCUT2D eigenvalue weighted by molar-refractivity contribution is -0.671. The standard InChI is InChI=1S/C14H13FN/c1-16-10-8-13(9-11-16)3-2-12-4-6-14(15)7-5-12/h2-11H,1H3/q+1/b3-2+. The zero-order valence-corrected chi connectivity index (χ0v) is 9.10. The smallest absolute Gasteiger partial charge is 0.169 e. The van der Waals surface area contributed by atoms with Crippen LogP contribution >= 0.6 is 0 Å². The van der Waals surface area contributed by atoms with E-state index in [4.69, 9.17) is 0 Å². The fraction of sp³-hybridized carbons (Fsp3) is 0.0714. The molecule has 0 unspecified atom stereocenters. The van der Waals surface area contributed by atoms with Crippen molar-refractivity contribution < 1.29 is 8.96 Å². The fourth-order valence-corrected chi connectivity index (χ4v) is 1.39. The van der Waals surface area contributed by atoms with Gasteiger partial charge in [0.15, 0.2) is 12.4 Å². The molecule has 0 spiro atoms. The SMILES string of the molecule is C[n+]1ccc(/C=C/c2ccc(F)cc2)cc1. The van der Waals surface area contributed by atoms with Crippen molar-refractivity contribution in [2.24, 2.45) is 7.05 Å². The van der Waals surface area contributed by atoms with E-state index in [1.807, 2.05) is 48.3 Å². The Balaban J connectivity index is 2.15. The summed E-state index contributed by atoms with van der Waals surface area (Å²) in [6.45, 7) is 0. The Morgan fingerprint density at radius 3 is 1.94 bits per heavy atom. The van der Waals surface area contributed by atoms with Crippen molar-refractivity contribution in [3.63, 3.8) is 0 Å². The highest BCUT2D eigenvalue weighted by molar-refractivity contribution is 5.69. The highest BCUT2D eigenvalue weighted by Gasteiger charge is 1.92. The van der Waals surface area contributed by atoms with Crippen molar-refractivity contribution in [2.75, 3.05) is 0 Å². The van der Waals surface area contributed by atoms with Crippen molar-refractivity contribution in [3.05, 3.63) is 65.7 Å². The number of hydrogen-bond acceptors (Lipinski definition) is 0. The lowest BCUT2D eigenvalue weighted by Crippen LogP contribution is -2.25. The van der Waals surface area contributed by atoms with Gasteiger partial charge >= 0.3 is 0 Å². The molecule has 0 aliphatic heterocycles. The molecule has 2 heteroatoms. The van der Waals surface area contributed by atoms with Gasteiger partial charge in [-0.1, -0.05) is 24.3 Å². The Hall–Kier alpha value is -1.96. The first-order valence-electron chi connectivity index (χ1n) is 5.13. The third-order valence-electron chi connectivity index (χ3n) is 2.34. The summed E-state index contributed by atoms with van der Waals surface area (Å²) in [5.74, 6) is -0.205. The van der Waals surface area contributed by atoms with Gasteiger partial charge in [-0.25, -0.2) is 8.96 Å². The Bertz CT molecular complexity index is 436. The van der Waals surface area contributed by atoms with Crippen LogP contribution < -0.4 is 4.57 Å². The Kier molecular flexibility index (Phi) is 3.10. The molecule has 0 N–H and O–H groups in total. The van der Waals surface area contributed by atoms with Gasteiger partial charge in [-0.2, -0.15) is 0 Å². The topological polar surface area (TPSA) is 3.88 Å². The van der Waals surface area contributed by atoms with E-state index in [0.717, 1.165) is 11.1 Å². The molecule has 0 fully saturated rings. The van der Waals surface area contributed by atoms with Crippen LogP contribution in [0.25, 0.3) is 12.2 Å². The molecule has 1 aromatic heterocycles. The molecule has 1 aromatic carbocycles. The second-order valence-electron chi connectivity index (χ2n) is 3.68. The van der Waals surface area contributed by atoms with Crippen LogP contribution in [0.3, 0.4) is 0 Å². The van der Waals surface area contributed by atoms with Crippen LogP contribution in [0.4, 0.5) is 4.39 Å². The summed E-state index contributed by atoms with van der Waals surface area (Å²) in [4.78, 5) is 0. The lowest BCUT2D eigenvalue weighted by Gasteiger charge is -1.93. The quantitative estimate of drug-likeness (QED) is 0.677. The third-order valence-corrected chi connectivity index (χ3v) is 2.34. The number of hydrogen-bond donors (Lipinski definition) is 0. The average Bonchev–Trinajstić information content (AvgIpc) is 2.30. The second kappa shape index (κ2) is 4.71. The van der Waals surface area contributed by atoms with E-state index in [-0.39, 0.29) is 5.82 Å². The highest BCUT2D eigenvalue weighted by atomic mass is 19.1. The molecular weight excluding hydrogens is 201 g/mol. The Labute approximate surface area is 94.5 Å². The maximum Gasteiger partial charge on any atom is 0.169 e. The summed E-state index contributed by atoms with van der Waals surface area (Å²) in [5.41, 5.74) is 2.12. The van der Waals surface area contributed by atoms with E-state index in [1.54, 1.807) is 12.1 Å². The van der Waals surface area contributed by atoms with Crippen LogP contribution in [0.15, 0.2) is 48.8 Å². The molecule has 1 nitrogen and oxygen atoms in total. The van der Waals surface area contributed by atoms with Crippen molar-refractivity contribution in [3.8, 4) is 0 Å². The van der Waals surface area contributed by atoms with E-state index >= 15 is 0 Å². The van der Waals surface area contributed by atoms with E-state index in [0.29, 0.717) is 0 Å². The van der Waals surface area contributed by atoms with Crippen molar-refractivity contribution in [1.29, 1.82) is 0 Å². The molecule has 1 heterocycles. The first-order chi connectivity index (χ1) is 7.74. The normalized spacial score (nSPS) is 10.9. The molecule has 0 bridgehead atoms. The minimum atomic E-state index is -0.205. The van der Waals surface area contributed by atoms with Crippen LogP contribution in [0, 0.1) is 5.82 Å². The predicted molar refractivity (Wildman–Crippen MR) is 62.9 cm³/mol. The molecule has 0 atom stereocenters. The molecular formula is C14H13FN+. The van der Waals surface area contributed by atoms with E-state index < -0.39 is 0 Å². The molecule has 0 aliphatic carbocycles. The van der Waals surface area contributed by atoms with Crippen LogP contribution in [-0.4, -0.2) is 0 Å². The summed E-state index contributed by atoms with van der Waals surface area (Å²) in [6, 6.07) is 10.5. The number of pyridine rings is 1. The molecule has 16 heavy (non-hydrogen) atoms. The zero-order valence-electron chi connectivity index (χ0n) is 9.10. The highest BCUT2D eigenvalue weighted by Crippen LogP contribution is 2.07. The van der Waals surface area contributed by atoms with Gasteiger partial charge in [0.05, 0.1) is 0 Å². The predicted octanol–water partition coefficient (Wildman–Crippen LogP) is 2.82. The summed E-state index contributed by atoms with van der Waals surface area (Å²) in [7, 11) is 1.98. The van der Waals surface area contributed by atoms with Gasteiger partial charge < -0.3 is 0 Å². The summed E-state index contributed by atoms with van der Waals surface area (Å²) < 4.78 is 14.6. The summed E-state index contributed by atoms with van der Waals surface area (Å²) in [5, 5.41) is 0. The molecule has 0 radical (unpaired) electrons. The monoisotopic (exact) mass is 214 g/mol. The van der Waals surface area contributed by atoms with E-state index in [2.05, 4.69) is 0 Å². The second-order valence-corrected chi connectivity index (χ2v) is 3.68. The van der Waals surface area contributed by atoms with E-state index in [1.165, 1.54) is 12.1 Å². The van der Waals surface area contributed by atoms with E-state index in [9.17, 15) is 4.39 Å². The van der Waals surface area contributed by atoms with Gasteiger partial charge in [-0.3, -0.25) is 0 Å². The van der Waals surface area contributed by atoms with Gasteiger partial charge in [0.2, 0.25) is 0 Å². The average molecular weight is 214 g/mol. The number of halogens is 1. The third kappa shape index (κ3) is 2.76.